The van der Waals surface area contributed by atoms with Gasteiger partial charge >= 0.3 is 0 Å². The van der Waals surface area contributed by atoms with Crippen molar-refractivity contribution in [3.05, 3.63) is 70.1 Å². The van der Waals surface area contributed by atoms with Crippen LogP contribution in [-0.2, 0) is 0 Å². The lowest BCUT2D eigenvalue weighted by Gasteiger charge is -2.05. The van der Waals surface area contributed by atoms with Gasteiger partial charge in [-0.15, -0.1) is 0 Å². The summed E-state index contributed by atoms with van der Waals surface area (Å²) in [6.07, 6.45) is 1.78. The molecule has 0 radical (unpaired) electrons. The van der Waals surface area contributed by atoms with E-state index in [1.165, 1.54) is 0 Å². The van der Waals surface area contributed by atoms with Crippen LogP contribution in [0.25, 0.3) is 21.8 Å². The highest BCUT2D eigenvalue weighted by Gasteiger charge is 2.09. The van der Waals surface area contributed by atoms with Gasteiger partial charge in [0.2, 0.25) is 0 Å². The van der Waals surface area contributed by atoms with Crippen LogP contribution in [0.5, 0.6) is 0 Å². The first-order valence-electron chi connectivity index (χ1n) is 5.96. The lowest BCUT2D eigenvalue weighted by atomic mass is 10.2. The van der Waals surface area contributed by atoms with E-state index in [9.17, 15) is 4.79 Å². The molecule has 4 aromatic rings. The summed E-state index contributed by atoms with van der Waals surface area (Å²) in [6, 6.07) is 15.2. The highest BCUT2D eigenvalue weighted by atomic mass is 35.5. The molecule has 0 bridgehead atoms. The Balaban J connectivity index is 2.39. The van der Waals surface area contributed by atoms with E-state index in [0.29, 0.717) is 5.02 Å². The van der Waals surface area contributed by atoms with E-state index in [2.05, 4.69) is 0 Å². The van der Waals surface area contributed by atoms with Gasteiger partial charge in [0.15, 0.2) is 0 Å². The van der Waals surface area contributed by atoms with E-state index < -0.39 is 0 Å². The quantitative estimate of drug-likeness (QED) is 0.480. The lowest BCUT2D eigenvalue weighted by Crippen LogP contribution is -2.11. The Morgan fingerprint density at radius 1 is 0.947 bits per heavy atom. The summed E-state index contributed by atoms with van der Waals surface area (Å²) >= 11 is 6.02. The normalized spacial score (nSPS) is 11.6. The average Bonchev–Trinajstić information content (AvgIpc) is 2.73. The molecule has 0 aliphatic heterocycles. The average molecular weight is 269 g/mol. The van der Waals surface area contributed by atoms with Crippen LogP contribution in [0.2, 0.25) is 5.02 Å². The number of hydrogen-bond donors (Lipinski definition) is 0. The van der Waals surface area contributed by atoms with Crippen molar-refractivity contribution in [2.75, 3.05) is 0 Å². The number of halogens is 1. The maximum Gasteiger partial charge on any atom is 0.279 e. The van der Waals surface area contributed by atoms with Crippen molar-refractivity contribution < 1.29 is 0 Å². The molecular formula is C15H9ClN2O. The number of benzene rings is 2. The number of nitrogens with zero attached hydrogens (tertiary/aromatic N) is 2. The van der Waals surface area contributed by atoms with Crippen LogP contribution >= 0.6 is 11.6 Å². The van der Waals surface area contributed by atoms with Crippen molar-refractivity contribution in [3.63, 3.8) is 0 Å². The SMILES string of the molecule is O=c1c2ccccc2n2c3ccc(Cl)cc3ccn12. The van der Waals surface area contributed by atoms with Gasteiger partial charge in [-0.2, -0.15) is 0 Å². The summed E-state index contributed by atoms with van der Waals surface area (Å²) < 4.78 is 3.55. The van der Waals surface area contributed by atoms with Crippen LogP contribution in [0, 0.1) is 0 Å². The number of fused-ring (bicyclic) bond motifs is 5. The molecule has 0 aliphatic rings. The third-order valence-electron chi connectivity index (χ3n) is 3.40. The molecule has 2 aromatic heterocycles. The molecule has 0 unspecified atom stereocenters. The van der Waals surface area contributed by atoms with E-state index in [4.69, 9.17) is 11.6 Å². The molecule has 2 aromatic carbocycles. The van der Waals surface area contributed by atoms with Crippen molar-refractivity contribution >= 4 is 33.4 Å². The maximum atomic E-state index is 12.3. The summed E-state index contributed by atoms with van der Waals surface area (Å²) in [4.78, 5) is 12.3. The Morgan fingerprint density at radius 2 is 1.79 bits per heavy atom. The molecule has 4 rings (SSSR count). The molecule has 0 fully saturated rings. The fourth-order valence-electron chi connectivity index (χ4n) is 2.55. The summed E-state index contributed by atoms with van der Waals surface area (Å²) in [7, 11) is 0. The number of hydrogen-bond acceptors (Lipinski definition) is 1. The molecule has 19 heavy (non-hydrogen) atoms. The van der Waals surface area contributed by atoms with E-state index in [1.807, 2.05) is 53.0 Å². The van der Waals surface area contributed by atoms with Crippen LogP contribution in [0.3, 0.4) is 0 Å². The smallest absolute Gasteiger partial charge is 0.267 e. The molecule has 0 aliphatic carbocycles. The first-order valence-corrected chi connectivity index (χ1v) is 6.34. The fraction of sp³-hybridized carbons (Fsp3) is 0. The molecule has 0 amide bonds. The summed E-state index contributed by atoms with van der Waals surface area (Å²) in [5, 5.41) is 2.42. The van der Waals surface area contributed by atoms with Crippen LogP contribution in [0.15, 0.2) is 59.5 Å². The maximum absolute atomic E-state index is 12.3. The second-order valence-corrected chi connectivity index (χ2v) is 4.93. The molecule has 2 heterocycles. The number of para-hydroxylation sites is 1. The minimum atomic E-state index is -0.00699. The molecule has 0 saturated heterocycles. The van der Waals surface area contributed by atoms with Gasteiger partial charge in [0.1, 0.15) is 0 Å². The third kappa shape index (κ3) is 1.36. The van der Waals surface area contributed by atoms with Crippen LogP contribution in [-0.4, -0.2) is 9.03 Å². The van der Waals surface area contributed by atoms with E-state index in [1.54, 1.807) is 10.7 Å². The molecule has 92 valence electrons. The predicted molar refractivity (Wildman–Crippen MR) is 77.1 cm³/mol. The monoisotopic (exact) mass is 268 g/mol. The number of aromatic nitrogens is 2. The molecule has 4 heteroatoms. The Morgan fingerprint density at radius 3 is 2.68 bits per heavy atom. The molecule has 0 spiro atoms. The molecule has 0 atom stereocenters. The van der Waals surface area contributed by atoms with Crippen molar-refractivity contribution in [2.24, 2.45) is 0 Å². The Hall–Kier alpha value is -2.26. The van der Waals surface area contributed by atoms with Crippen molar-refractivity contribution in [1.82, 2.24) is 9.03 Å². The summed E-state index contributed by atoms with van der Waals surface area (Å²) in [5.74, 6) is 0. The van der Waals surface area contributed by atoms with E-state index >= 15 is 0 Å². The minimum Gasteiger partial charge on any atom is -0.267 e. The van der Waals surface area contributed by atoms with Gasteiger partial charge in [-0.3, -0.25) is 4.79 Å². The van der Waals surface area contributed by atoms with E-state index in [0.717, 1.165) is 21.8 Å². The fourth-order valence-corrected chi connectivity index (χ4v) is 2.73. The van der Waals surface area contributed by atoms with Gasteiger partial charge < -0.3 is 0 Å². The van der Waals surface area contributed by atoms with Gasteiger partial charge in [0, 0.05) is 16.6 Å². The van der Waals surface area contributed by atoms with Crippen LogP contribution < -0.4 is 5.56 Å². The predicted octanol–water partition coefficient (Wildman–Crippen LogP) is 3.36. The van der Waals surface area contributed by atoms with Gasteiger partial charge in [-0.05, 0) is 36.4 Å². The molecule has 0 saturated carbocycles. The van der Waals surface area contributed by atoms with Crippen LogP contribution in [0.4, 0.5) is 0 Å². The largest absolute Gasteiger partial charge is 0.279 e. The van der Waals surface area contributed by atoms with Crippen molar-refractivity contribution in [3.8, 4) is 0 Å². The second kappa shape index (κ2) is 3.62. The van der Waals surface area contributed by atoms with Crippen molar-refractivity contribution in [1.29, 1.82) is 0 Å². The Kier molecular flexibility index (Phi) is 2.03. The van der Waals surface area contributed by atoms with E-state index in [-0.39, 0.29) is 5.56 Å². The van der Waals surface area contributed by atoms with Crippen molar-refractivity contribution in [2.45, 2.75) is 0 Å². The van der Waals surface area contributed by atoms with Gasteiger partial charge in [-0.1, -0.05) is 23.7 Å². The Bertz CT molecular complexity index is 997. The second-order valence-electron chi connectivity index (χ2n) is 4.50. The molecule has 0 N–H and O–H groups in total. The third-order valence-corrected chi connectivity index (χ3v) is 3.63. The minimum absolute atomic E-state index is 0.00699. The molecule has 3 nitrogen and oxygen atoms in total. The van der Waals surface area contributed by atoms with Gasteiger partial charge in [0.25, 0.3) is 5.56 Å². The number of rotatable bonds is 0. The highest BCUT2D eigenvalue weighted by Crippen LogP contribution is 2.21. The standard InChI is InChI=1S/C15H9ClN2O/c16-11-5-6-13-10(9-11)7-8-17-15(19)12-3-1-2-4-14(12)18(13)17/h1-9H. The van der Waals surface area contributed by atoms with Crippen LogP contribution in [0.1, 0.15) is 0 Å². The summed E-state index contributed by atoms with van der Waals surface area (Å²) in [5.41, 5.74) is 1.86. The summed E-state index contributed by atoms with van der Waals surface area (Å²) in [6.45, 7) is 0. The zero-order chi connectivity index (χ0) is 13.0. The highest BCUT2D eigenvalue weighted by molar-refractivity contribution is 6.31. The first-order chi connectivity index (χ1) is 9.25. The first kappa shape index (κ1) is 10.6. The van der Waals surface area contributed by atoms with Gasteiger partial charge in [0.05, 0.1) is 16.4 Å². The lowest BCUT2D eigenvalue weighted by molar-refractivity contribution is 0.842. The van der Waals surface area contributed by atoms with Gasteiger partial charge in [-0.25, -0.2) is 9.03 Å². The zero-order valence-corrected chi connectivity index (χ0v) is 10.6. The Labute approximate surface area is 113 Å². The topological polar surface area (TPSA) is 25.9 Å². The zero-order valence-electron chi connectivity index (χ0n) is 9.88. The molecular weight excluding hydrogens is 260 g/mol.